The summed E-state index contributed by atoms with van der Waals surface area (Å²) in [6, 6.07) is 6.77. The minimum atomic E-state index is -0.833. The first-order valence-electron chi connectivity index (χ1n) is 4.65. The zero-order chi connectivity index (χ0) is 11.4. The molecule has 4 heteroatoms. The zero-order valence-corrected chi connectivity index (χ0v) is 9.53. The van der Waals surface area contributed by atoms with Crippen molar-refractivity contribution in [3.8, 4) is 0 Å². The van der Waals surface area contributed by atoms with Gasteiger partial charge in [0.05, 0.1) is 0 Å². The van der Waals surface area contributed by atoms with Gasteiger partial charge in [-0.05, 0) is 25.7 Å². The molecule has 0 fully saturated rings. The van der Waals surface area contributed by atoms with Crippen LogP contribution in [0.4, 0.5) is 0 Å². The maximum Gasteiger partial charge on any atom is 0.321 e. The van der Waals surface area contributed by atoms with Gasteiger partial charge in [-0.2, -0.15) is 0 Å². The fraction of sp³-hybridized carbons (Fsp3) is 0.364. The number of carboxylic acid groups (broad SMARTS) is 1. The second-order valence-electron chi connectivity index (χ2n) is 3.61. The fourth-order valence-electron chi connectivity index (χ4n) is 1.36. The van der Waals surface area contributed by atoms with E-state index in [1.54, 1.807) is 25.1 Å². The zero-order valence-electron chi connectivity index (χ0n) is 8.77. The molecule has 15 heavy (non-hydrogen) atoms. The molecule has 1 N–H and O–H groups in total. The molecule has 0 saturated carbocycles. The van der Waals surface area contributed by atoms with Gasteiger partial charge in [-0.3, -0.25) is 9.69 Å². The van der Waals surface area contributed by atoms with Crippen molar-refractivity contribution in [2.24, 2.45) is 0 Å². The first kappa shape index (κ1) is 12.0. The lowest BCUT2D eigenvalue weighted by molar-refractivity contribution is -0.142. The van der Waals surface area contributed by atoms with Gasteiger partial charge >= 0.3 is 5.97 Å². The van der Waals surface area contributed by atoms with Gasteiger partial charge in [0.1, 0.15) is 6.04 Å². The van der Waals surface area contributed by atoms with Gasteiger partial charge < -0.3 is 5.11 Å². The van der Waals surface area contributed by atoms with Crippen molar-refractivity contribution in [2.45, 2.75) is 12.5 Å². The second-order valence-corrected chi connectivity index (χ2v) is 4.02. The van der Waals surface area contributed by atoms with E-state index in [4.69, 9.17) is 16.7 Å². The highest BCUT2D eigenvalue weighted by molar-refractivity contribution is 6.31. The molecule has 0 heterocycles. The van der Waals surface area contributed by atoms with E-state index >= 15 is 0 Å². The number of hydrogen-bond donors (Lipinski definition) is 1. The molecule has 0 aliphatic carbocycles. The molecular formula is C11H14ClNO2. The third-order valence-corrected chi connectivity index (χ3v) is 2.65. The number of hydrogen-bond acceptors (Lipinski definition) is 2. The SMILES string of the molecule is CN(C)[C@@H](Cc1ccccc1Cl)C(=O)O. The number of rotatable bonds is 4. The highest BCUT2D eigenvalue weighted by Gasteiger charge is 2.20. The summed E-state index contributed by atoms with van der Waals surface area (Å²) in [6.07, 6.45) is 0.419. The topological polar surface area (TPSA) is 40.5 Å². The van der Waals surface area contributed by atoms with E-state index < -0.39 is 12.0 Å². The lowest BCUT2D eigenvalue weighted by atomic mass is 10.1. The van der Waals surface area contributed by atoms with Crippen molar-refractivity contribution in [2.75, 3.05) is 14.1 Å². The minimum Gasteiger partial charge on any atom is -0.480 e. The standard InChI is InChI=1S/C11H14ClNO2/c1-13(2)10(11(14)15)7-8-5-3-4-6-9(8)12/h3-6,10H,7H2,1-2H3,(H,14,15)/t10-/m0/s1. The molecule has 82 valence electrons. The Morgan fingerprint density at radius 1 is 1.47 bits per heavy atom. The Labute approximate surface area is 94.3 Å². The monoisotopic (exact) mass is 227 g/mol. The molecular weight excluding hydrogens is 214 g/mol. The Bertz CT molecular complexity index is 352. The molecule has 0 spiro atoms. The Morgan fingerprint density at radius 2 is 2.07 bits per heavy atom. The van der Waals surface area contributed by atoms with Crippen LogP contribution in [0.1, 0.15) is 5.56 Å². The summed E-state index contributed by atoms with van der Waals surface area (Å²) in [6.45, 7) is 0. The molecule has 0 unspecified atom stereocenters. The third kappa shape index (κ3) is 3.22. The molecule has 0 radical (unpaired) electrons. The van der Waals surface area contributed by atoms with Crippen LogP contribution in [0.5, 0.6) is 0 Å². The van der Waals surface area contributed by atoms with E-state index in [9.17, 15) is 4.79 Å². The smallest absolute Gasteiger partial charge is 0.321 e. The molecule has 0 aromatic heterocycles. The average molecular weight is 228 g/mol. The van der Waals surface area contributed by atoms with Crippen molar-refractivity contribution in [3.63, 3.8) is 0 Å². The normalized spacial score (nSPS) is 12.8. The van der Waals surface area contributed by atoms with Crippen LogP contribution in [0.15, 0.2) is 24.3 Å². The number of carboxylic acids is 1. The van der Waals surface area contributed by atoms with Crippen molar-refractivity contribution in [1.82, 2.24) is 4.90 Å². The fourth-order valence-corrected chi connectivity index (χ4v) is 1.58. The van der Waals surface area contributed by atoms with Crippen LogP contribution in [-0.4, -0.2) is 36.1 Å². The lowest BCUT2D eigenvalue weighted by Gasteiger charge is -2.20. The molecule has 1 aromatic carbocycles. The van der Waals surface area contributed by atoms with Crippen molar-refractivity contribution < 1.29 is 9.90 Å². The summed E-state index contributed by atoms with van der Waals surface area (Å²) in [5, 5.41) is 9.63. The second kappa shape index (κ2) is 5.14. The van der Waals surface area contributed by atoms with E-state index in [-0.39, 0.29) is 0 Å². The molecule has 1 rings (SSSR count). The predicted molar refractivity (Wildman–Crippen MR) is 60.3 cm³/mol. The average Bonchev–Trinajstić information content (AvgIpc) is 2.15. The maximum absolute atomic E-state index is 11.0. The highest BCUT2D eigenvalue weighted by Crippen LogP contribution is 2.17. The Morgan fingerprint density at radius 3 is 2.53 bits per heavy atom. The first-order chi connectivity index (χ1) is 7.02. The molecule has 1 aromatic rings. The molecule has 0 aliphatic heterocycles. The van der Waals surface area contributed by atoms with Crippen LogP contribution < -0.4 is 0 Å². The Hall–Kier alpha value is -1.06. The molecule has 0 amide bonds. The van der Waals surface area contributed by atoms with Gasteiger partial charge in [0.15, 0.2) is 0 Å². The predicted octanol–water partition coefficient (Wildman–Crippen LogP) is 1.90. The van der Waals surface area contributed by atoms with Gasteiger partial charge in [-0.25, -0.2) is 0 Å². The number of aliphatic carboxylic acids is 1. The summed E-state index contributed by atoms with van der Waals surface area (Å²) >= 11 is 5.97. The quantitative estimate of drug-likeness (QED) is 0.854. The third-order valence-electron chi connectivity index (χ3n) is 2.28. The molecule has 3 nitrogen and oxygen atoms in total. The number of nitrogens with zero attached hydrogens (tertiary/aromatic N) is 1. The van der Waals surface area contributed by atoms with Crippen LogP contribution >= 0.6 is 11.6 Å². The minimum absolute atomic E-state index is 0.419. The van der Waals surface area contributed by atoms with Crippen molar-refractivity contribution in [1.29, 1.82) is 0 Å². The Kier molecular flexibility index (Phi) is 4.12. The molecule has 0 bridgehead atoms. The van der Waals surface area contributed by atoms with E-state index in [2.05, 4.69) is 0 Å². The van der Waals surface area contributed by atoms with E-state index in [1.165, 1.54) is 0 Å². The number of benzene rings is 1. The number of carbonyl (C=O) groups is 1. The first-order valence-corrected chi connectivity index (χ1v) is 5.03. The van der Waals surface area contributed by atoms with Gasteiger partial charge in [0.25, 0.3) is 0 Å². The van der Waals surface area contributed by atoms with Gasteiger partial charge in [0, 0.05) is 11.4 Å². The number of halogens is 1. The van der Waals surface area contributed by atoms with Crippen LogP contribution in [0.2, 0.25) is 5.02 Å². The van der Waals surface area contributed by atoms with Crippen LogP contribution in [0, 0.1) is 0 Å². The summed E-state index contributed by atoms with van der Waals surface area (Å²) in [5.74, 6) is -0.833. The molecule has 0 aliphatic rings. The van der Waals surface area contributed by atoms with Gasteiger partial charge in [-0.1, -0.05) is 29.8 Å². The van der Waals surface area contributed by atoms with E-state index in [0.717, 1.165) is 5.56 Å². The summed E-state index contributed by atoms with van der Waals surface area (Å²) in [4.78, 5) is 12.6. The highest BCUT2D eigenvalue weighted by atomic mass is 35.5. The largest absolute Gasteiger partial charge is 0.480 e. The summed E-state index contributed by atoms with van der Waals surface area (Å²) < 4.78 is 0. The summed E-state index contributed by atoms with van der Waals surface area (Å²) in [7, 11) is 3.49. The van der Waals surface area contributed by atoms with Crippen molar-refractivity contribution in [3.05, 3.63) is 34.9 Å². The van der Waals surface area contributed by atoms with Gasteiger partial charge in [0.2, 0.25) is 0 Å². The van der Waals surface area contributed by atoms with Gasteiger partial charge in [-0.15, -0.1) is 0 Å². The van der Waals surface area contributed by atoms with Crippen molar-refractivity contribution >= 4 is 17.6 Å². The number of likely N-dealkylation sites (N-methyl/N-ethyl adjacent to an activating group) is 1. The van der Waals surface area contributed by atoms with Crippen LogP contribution in [-0.2, 0) is 11.2 Å². The maximum atomic E-state index is 11.0. The molecule has 1 atom stereocenters. The van der Waals surface area contributed by atoms with Crippen LogP contribution in [0.3, 0.4) is 0 Å². The molecule has 0 saturated heterocycles. The Balaban J connectivity index is 2.84. The van der Waals surface area contributed by atoms with E-state index in [1.807, 2.05) is 18.2 Å². The lowest BCUT2D eigenvalue weighted by Crippen LogP contribution is -2.37. The summed E-state index contributed by atoms with van der Waals surface area (Å²) in [5.41, 5.74) is 0.861. The van der Waals surface area contributed by atoms with E-state index in [0.29, 0.717) is 11.4 Å². The van der Waals surface area contributed by atoms with Crippen LogP contribution in [0.25, 0.3) is 0 Å².